The fourth-order valence-corrected chi connectivity index (χ4v) is 2.76. The number of carbonyl (C=O) groups is 1. The van der Waals surface area contributed by atoms with Crippen molar-refractivity contribution >= 4 is 11.6 Å². The first-order valence-electron chi connectivity index (χ1n) is 8.53. The maximum Gasteiger partial charge on any atom is 0.235 e. The number of aromatic amines is 1. The van der Waals surface area contributed by atoms with E-state index in [0.717, 1.165) is 5.56 Å². The number of tetrazole rings is 1. The van der Waals surface area contributed by atoms with Crippen LogP contribution in [0.1, 0.15) is 17.3 Å². The number of hydrogen-bond acceptors (Lipinski definition) is 7. The molecule has 28 heavy (non-hydrogen) atoms. The molecule has 0 saturated carbocycles. The first-order chi connectivity index (χ1) is 13.6. The lowest BCUT2D eigenvalue weighted by Gasteiger charge is -2.16. The molecule has 2 aromatic carbocycles. The third-order valence-electron chi connectivity index (χ3n) is 4.27. The number of amides is 1. The van der Waals surface area contributed by atoms with Gasteiger partial charge in [0.1, 0.15) is 23.2 Å². The van der Waals surface area contributed by atoms with E-state index in [-0.39, 0.29) is 5.91 Å². The van der Waals surface area contributed by atoms with Crippen molar-refractivity contribution in [2.45, 2.75) is 12.3 Å². The van der Waals surface area contributed by atoms with Gasteiger partial charge < -0.3 is 19.5 Å². The molecule has 2 N–H and O–H groups in total. The molecule has 3 aromatic rings. The third-order valence-corrected chi connectivity index (χ3v) is 4.27. The highest BCUT2D eigenvalue weighted by atomic mass is 16.5. The number of carbonyl (C=O) groups excluding carboxylic acids is 1. The van der Waals surface area contributed by atoms with E-state index in [1.807, 2.05) is 12.1 Å². The Morgan fingerprint density at radius 3 is 2.36 bits per heavy atom. The van der Waals surface area contributed by atoms with Crippen LogP contribution in [0.15, 0.2) is 42.5 Å². The smallest absolute Gasteiger partial charge is 0.235 e. The molecule has 0 aliphatic carbocycles. The van der Waals surface area contributed by atoms with Crippen LogP contribution in [0.5, 0.6) is 17.2 Å². The summed E-state index contributed by atoms with van der Waals surface area (Å²) in [4.78, 5) is 13.0. The zero-order valence-corrected chi connectivity index (χ0v) is 15.8. The molecule has 146 valence electrons. The minimum Gasteiger partial charge on any atom is -0.497 e. The van der Waals surface area contributed by atoms with E-state index in [0.29, 0.717) is 35.2 Å². The fraction of sp³-hybridized carbons (Fsp3) is 0.263. The molecule has 9 heteroatoms. The number of rotatable bonds is 8. The predicted molar refractivity (Wildman–Crippen MR) is 102 cm³/mol. The Morgan fingerprint density at radius 2 is 1.75 bits per heavy atom. The zero-order chi connectivity index (χ0) is 19.9. The molecule has 1 heterocycles. The molecule has 3 rings (SSSR count). The second kappa shape index (κ2) is 8.85. The fourth-order valence-electron chi connectivity index (χ4n) is 2.76. The van der Waals surface area contributed by atoms with Gasteiger partial charge in [-0.15, -0.1) is 10.2 Å². The maximum atomic E-state index is 13.0. The number of methoxy groups -OCH3 is 3. The maximum absolute atomic E-state index is 13.0. The van der Waals surface area contributed by atoms with Gasteiger partial charge in [-0.05, 0) is 42.3 Å². The Balaban J connectivity index is 1.84. The minimum absolute atomic E-state index is 0.260. The van der Waals surface area contributed by atoms with Crippen molar-refractivity contribution in [3.05, 3.63) is 53.9 Å². The summed E-state index contributed by atoms with van der Waals surface area (Å²) >= 11 is 0. The summed E-state index contributed by atoms with van der Waals surface area (Å²) < 4.78 is 15.8. The van der Waals surface area contributed by atoms with Crippen LogP contribution in [0.2, 0.25) is 0 Å². The van der Waals surface area contributed by atoms with Gasteiger partial charge in [0.05, 0.1) is 21.3 Å². The van der Waals surface area contributed by atoms with Crippen LogP contribution >= 0.6 is 0 Å². The number of ether oxygens (including phenoxy) is 3. The van der Waals surface area contributed by atoms with Crippen molar-refractivity contribution in [1.29, 1.82) is 0 Å². The molecule has 0 unspecified atom stereocenters. The van der Waals surface area contributed by atoms with Crippen molar-refractivity contribution in [2.24, 2.45) is 0 Å². The van der Waals surface area contributed by atoms with Gasteiger partial charge in [0.15, 0.2) is 5.82 Å². The molecule has 0 radical (unpaired) electrons. The average molecular weight is 383 g/mol. The molecule has 1 amide bonds. The average Bonchev–Trinajstić information content (AvgIpc) is 3.26. The van der Waals surface area contributed by atoms with Crippen LogP contribution in [0.3, 0.4) is 0 Å². The number of aromatic nitrogens is 4. The molecule has 0 fully saturated rings. The Morgan fingerprint density at radius 1 is 1.04 bits per heavy atom. The predicted octanol–water partition coefficient (Wildman–Crippen LogP) is 2.19. The number of benzene rings is 2. The molecule has 1 atom stereocenters. The highest BCUT2D eigenvalue weighted by Crippen LogP contribution is 2.29. The number of nitrogens with zero attached hydrogens (tertiary/aromatic N) is 3. The van der Waals surface area contributed by atoms with Crippen molar-refractivity contribution < 1.29 is 19.0 Å². The quantitative estimate of drug-likeness (QED) is 0.613. The Labute approximate surface area is 162 Å². The summed E-state index contributed by atoms with van der Waals surface area (Å²) in [6, 6.07) is 12.5. The summed E-state index contributed by atoms with van der Waals surface area (Å²) in [5.41, 5.74) is 1.46. The lowest BCUT2D eigenvalue weighted by molar-refractivity contribution is -0.117. The van der Waals surface area contributed by atoms with E-state index in [1.165, 1.54) is 0 Å². The topological polar surface area (TPSA) is 111 Å². The second-order valence-corrected chi connectivity index (χ2v) is 5.92. The lowest BCUT2D eigenvalue weighted by atomic mass is 9.96. The Kier molecular flexibility index (Phi) is 6.05. The van der Waals surface area contributed by atoms with Crippen LogP contribution in [-0.2, 0) is 11.2 Å². The van der Waals surface area contributed by atoms with Crippen LogP contribution in [-0.4, -0.2) is 47.9 Å². The van der Waals surface area contributed by atoms with Crippen LogP contribution in [0.4, 0.5) is 5.69 Å². The SMILES string of the molecule is COc1ccc(NC(=O)[C@@H](Cc2ccc(OC)cc2OC)c2nn[nH]n2)cc1. The van der Waals surface area contributed by atoms with Crippen molar-refractivity contribution in [3.8, 4) is 17.2 Å². The van der Waals surface area contributed by atoms with E-state index in [2.05, 4.69) is 25.9 Å². The van der Waals surface area contributed by atoms with Gasteiger partial charge in [0.25, 0.3) is 0 Å². The van der Waals surface area contributed by atoms with Gasteiger partial charge in [-0.25, -0.2) is 0 Å². The van der Waals surface area contributed by atoms with E-state index >= 15 is 0 Å². The standard InChI is InChI=1S/C19H21N5O4/c1-26-14-8-5-13(6-9-14)20-19(25)16(18-21-23-24-22-18)10-12-4-7-15(27-2)11-17(12)28-3/h4-9,11,16H,10H2,1-3H3,(H,20,25)(H,21,22,23,24)/t16-/m0/s1. The number of hydrogen-bond donors (Lipinski definition) is 2. The van der Waals surface area contributed by atoms with Gasteiger partial charge in [0.2, 0.25) is 5.91 Å². The normalized spacial score (nSPS) is 11.5. The summed E-state index contributed by atoms with van der Waals surface area (Å²) in [6.45, 7) is 0. The first kappa shape index (κ1) is 19.2. The van der Waals surface area contributed by atoms with Gasteiger partial charge in [-0.1, -0.05) is 11.3 Å². The van der Waals surface area contributed by atoms with Crippen LogP contribution in [0, 0.1) is 0 Å². The van der Waals surface area contributed by atoms with Gasteiger partial charge in [-0.2, -0.15) is 5.21 Å². The minimum atomic E-state index is -0.664. The van der Waals surface area contributed by atoms with Crippen molar-refractivity contribution in [1.82, 2.24) is 20.6 Å². The molecule has 9 nitrogen and oxygen atoms in total. The monoisotopic (exact) mass is 383 g/mol. The second-order valence-electron chi connectivity index (χ2n) is 5.92. The van der Waals surface area contributed by atoms with Gasteiger partial charge in [-0.3, -0.25) is 4.79 Å². The highest BCUT2D eigenvalue weighted by molar-refractivity contribution is 5.95. The molecule has 0 bridgehead atoms. The first-order valence-corrected chi connectivity index (χ1v) is 8.53. The summed E-state index contributed by atoms with van der Waals surface area (Å²) in [5.74, 6) is 1.36. The summed E-state index contributed by atoms with van der Waals surface area (Å²) in [6.07, 6.45) is 0.328. The van der Waals surface area contributed by atoms with Crippen LogP contribution < -0.4 is 19.5 Å². The third kappa shape index (κ3) is 4.37. The zero-order valence-electron chi connectivity index (χ0n) is 15.8. The van der Waals surface area contributed by atoms with Gasteiger partial charge in [0, 0.05) is 11.8 Å². The molecule has 0 aliphatic rings. The van der Waals surface area contributed by atoms with Crippen LogP contribution in [0.25, 0.3) is 0 Å². The molecule has 0 spiro atoms. The molecular weight excluding hydrogens is 362 g/mol. The van der Waals surface area contributed by atoms with E-state index < -0.39 is 5.92 Å². The molecule has 1 aromatic heterocycles. The Bertz CT molecular complexity index is 913. The number of anilines is 1. The van der Waals surface area contributed by atoms with Crippen molar-refractivity contribution in [2.75, 3.05) is 26.6 Å². The number of nitrogens with one attached hydrogen (secondary N) is 2. The van der Waals surface area contributed by atoms with E-state index in [9.17, 15) is 4.79 Å². The van der Waals surface area contributed by atoms with E-state index in [1.54, 1.807) is 51.7 Å². The van der Waals surface area contributed by atoms with Crippen molar-refractivity contribution in [3.63, 3.8) is 0 Å². The molecule has 0 aliphatic heterocycles. The van der Waals surface area contributed by atoms with E-state index in [4.69, 9.17) is 14.2 Å². The number of H-pyrrole nitrogens is 1. The molecule has 0 saturated heterocycles. The largest absolute Gasteiger partial charge is 0.497 e. The Hall–Kier alpha value is -3.62. The van der Waals surface area contributed by atoms with Gasteiger partial charge >= 0.3 is 0 Å². The lowest BCUT2D eigenvalue weighted by Crippen LogP contribution is -2.24. The summed E-state index contributed by atoms with van der Waals surface area (Å²) in [7, 11) is 4.74. The highest BCUT2D eigenvalue weighted by Gasteiger charge is 2.27. The molecular formula is C19H21N5O4. The summed E-state index contributed by atoms with van der Waals surface area (Å²) in [5, 5.41) is 16.9.